The van der Waals surface area contributed by atoms with Gasteiger partial charge in [-0.15, -0.1) is 0 Å². The van der Waals surface area contributed by atoms with Crippen LogP contribution in [-0.2, 0) is 6.54 Å². The lowest BCUT2D eigenvalue weighted by molar-refractivity contribution is 0.352. The highest BCUT2D eigenvalue weighted by Gasteiger charge is 2.12. The zero-order valence-electron chi connectivity index (χ0n) is 11.5. The second-order valence-corrected chi connectivity index (χ2v) is 4.60. The third kappa shape index (κ3) is 4.39. The molecule has 0 bridgehead atoms. The molecule has 0 aliphatic rings. The van der Waals surface area contributed by atoms with Crippen LogP contribution in [0.1, 0.15) is 39.2 Å². The normalized spacial score (nSPS) is 12.8. The van der Waals surface area contributed by atoms with Crippen LogP contribution >= 0.6 is 0 Å². The Bertz CT molecular complexity index is 320. The van der Waals surface area contributed by atoms with Crippen LogP contribution in [0.4, 0.5) is 0 Å². The largest absolute Gasteiger partial charge is 0.497 e. The molecule has 1 N–H and O–H groups in total. The summed E-state index contributed by atoms with van der Waals surface area (Å²) in [6.45, 7) is 7.71. The van der Waals surface area contributed by atoms with E-state index in [1.54, 1.807) is 7.11 Å². The maximum atomic E-state index is 5.22. The van der Waals surface area contributed by atoms with Crippen LogP contribution in [0.2, 0.25) is 0 Å². The predicted molar refractivity (Wildman–Crippen MR) is 73.4 cm³/mol. The molecule has 17 heavy (non-hydrogen) atoms. The predicted octanol–water partition coefficient (Wildman–Crippen LogP) is 3.61. The van der Waals surface area contributed by atoms with E-state index in [9.17, 15) is 0 Å². The zero-order chi connectivity index (χ0) is 12.7. The lowest BCUT2D eigenvalue weighted by Gasteiger charge is -2.22. The van der Waals surface area contributed by atoms with E-state index in [0.29, 0.717) is 6.04 Å². The van der Waals surface area contributed by atoms with E-state index in [1.165, 1.54) is 18.4 Å². The standard InChI is InChI=1S/C15H25NO/c1-5-14(6-2)12(3)16-11-13-8-7-9-15(10-13)17-4/h7-10,12,14,16H,5-6,11H2,1-4H3. The molecular formula is C15H25NO. The third-order valence-corrected chi connectivity index (χ3v) is 3.52. The summed E-state index contributed by atoms with van der Waals surface area (Å²) in [5.41, 5.74) is 1.28. The molecule has 0 amide bonds. The van der Waals surface area contributed by atoms with Crippen LogP contribution in [0.3, 0.4) is 0 Å². The highest BCUT2D eigenvalue weighted by Crippen LogP contribution is 2.15. The van der Waals surface area contributed by atoms with E-state index < -0.39 is 0 Å². The summed E-state index contributed by atoms with van der Waals surface area (Å²) in [4.78, 5) is 0. The monoisotopic (exact) mass is 235 g/mol. The summed E-state index contributed by atoms with van der Waals surface area (Å²) in [5, 5.41) is 3.60. The lowest BCUT2D eigenvalue weighted by Crippen LogP contribution is -2.32. The second kappa shape index (κ2) is 7.33. The molecule has 1 aromatic rings. The van der Waals surface area contributed by atoms with Crippen LogP contribution < -0.4 is 10.1 Å². The summed E-state index contributed by atoms with van der Waals surface area (Å²) >= 11 is 0. The molecule has 1 aromatic carbocycles. The van der Waals surface area contributed by atoms with Gasteiger partial charge in [0.1, 0.15) is 5.75 Å². The molecule has 2 nitrogen and oxygen atoms in total. The van der Waals surface area contributed by atoms with Crippen molar-refractivity contribution in [3.63, 3.8) is 0 Å². The molecule has 0 saturated carbocycles. The van der Waals surface area contributed by atoms with Crippen molar-refractivity contribution in [2.75, 3.05) is 7.11 Å². The number of methoxy groups -OCH3 is 1. The minimum absolute atomic E-state index is 0.566. The van der Waals surface area contributed by atoms with Crippen molar-refractivity contribution in [1.29, 1.82) is 0 Å². The van der Waals surface area contributed by atoms with Crippen molar-refractivity contribution < 1.29 is 4.74 Å². The first-order valence-electron chi connectivity index (χ1n) is 6.57. The first kappa shape index (κ1) is 14.0. The van der Waals surface area contributed by atoms with E-state index >= 15 is 0 Å². The van der Waals surface area contributed by atoms with Gasteiger partial charge in [0.25, 0.3) is 0 Å². The van der Waals surface area contributed by atoms with Gasteiger partial charge in [0.2, 0.25) is 0 Å². The minimum Gasteiger partial charge on any atom is -0.497 e. The summed E-state index contributed by atoms with van der Waals surface area (Å²) in [5.74, 6) is 1.69. The molecule has 96 valence electrons. The van der Waals surface area contributed by atoms with Gasteiger partial charge in [-0.2, -0.15) is 0 Å². The minimum atomic E-state index is 0.566. The van der Waals surface area contributed by atoms with Crippen molar-refractivity contribution in [3.8, 4) is 5.75 Å². The van der Waals surface area contributed by atoms with Gasteiger partial charge in [0.05, 0.1) is 7.11 Å². The third-order valence-electron chi connectivity index (χ3n) is 3.52. The highest BCUT2D eigenvalue weighted by atomic mass is 16.5. The molecule has 2 heteroatoms. The maximum Gasteiger partial charge on any atom is 0.119 e. The maximum absolute atomic E-state index is 5.22. The van der Waals surface area contributed by atoms with Crippen LogP contribution in [-0.4, -0.2) is 13.2 Å². The summed E-state index contributed by atoms with van der Waals surface area (Å²) in [6.07, 6.45) is 2.48. The van der Waals surface area contributed by atoms with Gasteiger partial charge in [0.15, 0.2) is 0 Å². The van der Waals surface area contributed by atoms with E-state index in [1.807, 2.05) is 12.1 Å². The molecule has 0 fully saturated rings. The Labute approximate surface area is 105 Å². The Morgan fingerprint density at radius 3 is 2.53 bits per heavy atom. The molecule has 0 spiro atoms. The average molecular weight is 235 g/mol. The lowest BCUT2D eigenvalue weighted by atomic mass is 9.95. The van der Waals surface area contributed by atoms with Crippen LogP contribution in [0.25, 0.3) is 0 Å². The number of hydrogen-bond acceptors (Lipinski definition) is 2. The van der Waals surface area contributed by atoms with E-state index in [0.717, 1.165) is 18.2 Å². The van der Waals surface area contributed by atoms with Gasteiger partial charge in [-0.05, 0) is 30.5 Å². The molecule has 0 heterocycles. The number of benzene rings is 1. The van der Waals surface area contributed by atoms with E-state index in [-0.39, 0.29) is 0 Å². The summed E-state index contributed by atoms with van der Waals surface area (Å²) in [6, 6.07) is 8.81. The van der Waals surface area contributed by atoms with Gasteiger partial charge in [-0.3, -0.25) is 0 Å². The van der Waals surface area contributed by atoms with Gasteiger partial charge >= 0.3 is 0 Å². The Hall–Kier alpha value is -1.02. The quantitative estimate of drug-likeness (QED) is 0.779. The van der Waals surface area contributed by atoms with Crippen LogP contribution in [0.5, 0.6) is 5.75 Å². The van der Waals surface area contributed by atoms with Gasteiger partial charge in [-0.1, -0.05) is 38.8 Å². The number of rotatable bonds is 7. The Morgan fingerprint density at radius 1 is 1.24 bits per heavy atom. The number of ether oxygens (including phenoxy) is 1. The number of hydrogen-bond donors (Lipinski definition) is 1. The van der Waals surface area contributed by atoms with Crippen molar-refractivity contribution in [3.05, 3.63) is 29.8 Å². The summed E-state index contributed by atoms with van der Waals surface area (Å²) in [7, 11) is 1.71. The molecular weight excluding hydrogens is 210 g/mol. The molecule has 0 radical (unpaired) electrons. The Kier molecular flexibility index (Phi) is 6.06. The average Bonchev–Trinajstić information content (AvgIpc) is 2.38. The van der Waals surface area contributed by atoms with Gasteiger partial charge in [0, 0.05) is 12.6 Å². The van der Waals surface area contributed by atoms with E-state index in [2.05, 4.69) is 38.2 Å². The molecule has 0 aliphatic heterocycles. The Balaban J connectivity index is 2.49. The Morgan fingerprint density at radius 2 is 1.94 bits per heavy atom. The highest BCUT2D eigenvalue weighted by molar-refractivity contribution is 5.28. The smallest absolute Gasteiger partial charge is 0.119 e. The molecule has 1 unspecified atom stereocenters. The van der Waals surface area contributed by atoms with Crippen molar-refractivity contribution in [1.82, 2.24) is 5.32 Å². The van der Waals surface area contributed by atoms with Crippen molar-refractivity contribution >= 4 is 0 Å². The fourth-order valence-electron chi connectivity index (χ4n) is 2.22. The first-order valence-corrected chi connectivity index (χ1v) is 6.57. The molecule has 1 atom stereocenters. The second-order valence-electron chi connectivity index (χ2n) is 4.60. The van der Waals surface area contributed by atoms with Gasteiger partial charge in [-0.25, -0.2) is 0 Å². The topological polar surface area (TPSA) is 21.3 Å². The SMILES string of the molecule is CCC(CC)C(C)NCc1cccc(OC)c1. The fourth-order valence-corrected chi connectivity index (χ4v) is 2.22. The van der Waals surface area contributed by atoms with Crippen LogP contribution in [0.15, 0.2) is 24.3 Å². The van der Waals surface area contributed by atoms with Gasteiger partial charge < -0.3 is 10.1 Å². The van der Waals surface area contributed by atoms with Crippen molar-refractivity contribution in [2.24, 2.45) is 5.92 Å². The molecule has 1 rings (SSSR count). The zero-order valence-corrected chi connectivity index (χ0v) is 11.5. The molecule has 0 aromatic heterocycles. The van der Waals surface area contributed by atoms with E-state index in [4.69, 9.17) is 4.74 Å². The van der Waals surface area contributed by atoms with Crippen LogP contribution in [0, 0.1) is 5.92 Å². The van der Waals surface area contributed by atoms with Crippen molar-refractivity contribution in [2.45, 2.75) is 46.2 Å². The molecule has 0 aliphatic carbocycles. The number of nitrogens with one attached hydrogen (secondary N) is 1. The fraction of sp³-hybridized carbons (Fsp3) is 0.600. The summed E-state index contributed by atoms with van der Waals surface area (Å²) < 4.78 is 5.22. The molecule has 0 saturated heterocycles. The first-order chi connectivity index (χ1) is 8.21.